The minimum absolute atomic E-state index is 0. The molecule has 0 unspecified atom stereocenters. The van der Waals surface area contributed by atoms with Crippen LogP contribution in [0.25, 0.3) is 0 Å². The summed E-state index contributed by atoms with van der Waals surface area (Å²) in [6.45, 7) is 19.0. The minimum Gasteiger partial charge on any atom is -0.481 e. The van der Waals surface area contributed by atoms with Gasteiger partial charge >= 0.3 is 0 Å². The Bertz CT molecular complexity index is 275. The summed E-state index contributed by atoms with van der Waals surface area (Å²) in [6.07, 6.45) is 5.70. The summed E-state index contributed by atoms with van der Waals surface area (Å²) in [5.74, 6) is -1.67. The van der Waals surface area contributed by atoms with Crippen LogP contribution in [0.1, 0.15) is 81.6 Å². The Morgan fingerprint density at radius 2 is 1.08 bits per heavy atom. The van der Waals surface area contributed by atoms with Crippen molar-refractivity contribution in [1.29, 1.82) is 0 Å². The fourth-order valence-corrected chi connectivity index (χ4v) is 6.78. The van der Waals surface area contributed by atoms with Crippen molar-refractivity contribution in [3.05, 3.63) is 0 Å². The predicted molar refractivity (Wildman–Crippen MR) is 102 cm³/mol. The Morgan fingerprint density at radius 3 is 1.25 bits per heavy atom. The standard InChI is InChI=1S/C13H29P.2C2H4O2.H2O.Pd/c1-8-9-10-11-14(12(2,3)4)13(5,6)7;2*1-2(3)4;;/h8-11H2,1-7H3;2*1H3,(H,3,4);1H2;/p+1. The van der Waals surface area contributed by atoms with Crippen molar-refractivity contribution in [2.45, 2.75) is 91.9 Å². The summed E-state index contributed by atoms with van der Waals surface area (Å²) < 4.78 is 0. The average molecular weight is 462 g/mol. The van der Waals surface area contributed by atoms with Crippen LogP contribution in [0.2, 0.25) is 0 Å². The van der Waals surface area contributed by atoms with Gasteiger partial charge in [-0.2, -0.15) is 0 Å². The Labute approximate surface area is 163 Å². The van der Waals surface area contributed by atoms with Gasteiger partial charge in [-0.25, -0.2) is 0 Å². The molecule has 0 bridgehead atoms. The molecular formula is C17H40O5PPd+. The molecule has 0 saturated carbocycles. The van der Waals surface area contributed by atoms with Gasteiger partial charge in [0.05, 0.1) is 16.5 Å². The zero-order chi connectivity index (χ0) is 18.6. The molecule has 24 heavy (non-hydrogen) atoms. The van der Waals surface area contributed by atoms with Crippen LogP contribution in [0.15, 0.2) is 0 Å². The molecule has 0 aliphatic carbocycles. The van der Waals surface area contributed by atoms with Crippen molar-refractivity contribution in [2.24, 2.45) is 0 Å². The van der Waals surface area contributed by atoms with Crippen molar-refractivity contribution < 1.29 is 45.7 Å². The normalized spacial score (nSPS) is 10.1. The van der Waals surface area contributed by atoms with Crippen molar-refractivity contribution in [3.63, 3.8) is 0 Å². The zero-order valence-electron chi connectivity index (χ0n) is 16.9. The van der Waals surface area contributed by atoms with E-state index in [1.54, 1.807) is 0 Å². The number of carboxylic acid groups (broad SMARTS) is 2. The van der Waals surface area contributed by atoms with Crippen LogP contribution in [0.3, 0.4) is 0 Å². The molecule has 152 valence electrons. The van der Waals surface area contributed by atoms with Gasteiger partial charge in [-0.05, 0) is 48.0 Å². The molecule has 0 aliphatic rings. The molecule has 0 aromatic carbocycles. The van der Waals surface area contributed by atoms with Gasteiger partial charge in [0, 0.05) is 42.2 Å². The molecule has 0 rings (SSSR count). The first-order valence-corrected chi connectivity index (χ1v) is 9.62. The second-order valence-corrected chi connectivity index (χ2v) is 11.9. The second kappa shape index (κ2) is 17.8. The van der Waals surface area contributed by atoms with Gasteiger partial charge in [-0.3, -0.25) is 9.59 Å². The van der Waals surface area contributed by atoms with E-state index in [1.165, 1.54) is 25.4 Å². The van der Waals surface area contributed by atoms with Gasteiger partial charge in [0.2, 0.25) is 0 Å². The fraction of sp³-hybridized carbons (Fsp3) is 0.882. The number of unbranched alkanes of at least 4 members (excludes halogenated alkanes) is 2. The third-order valence-corrected chi connectivity index (χ3v) is 7.32. The maximum atomic E-state index is 9.00. The molecule has 0 atom stereocenters. The maximum absolute atomic E-state index is 9.00. The van der Waals surface area contributed by atoms with Crippen LogP contribution in [0, 0.1) is 0 Å². The number of carbonyl (C=O) groups is 2. The summed E-state index contributed by atoms with van der Waals surface area (Å²) in [6, 6.07) is 0. The van der Waals surface area contributed by atoms with Crippen molar-refractivity contribution >= 4 is 19.9 Å². The van der Waals surface area contributed by atoms with Crippen LogP contribution < -0.4 is 0 Å². The Balaban J connectivity index is -0.000000101. The summed E-state index contributed by atoms with van der Waals surface area (Å²) in [5, 5.41) is 15.9. The average Bonchev–Trinajstić information content (AvgIpc) is 2.18. The first-order chi connectivity index (χ1) is 9.66. The van der Waals surface area contributed by atoms with E-state index in [0.29, 0.717) is 10.3 Å². The summed E-state index contributed by atoms with van der Waals surface area (Å²) in [4.78, 5) is 18.0. The van der Waals surface area contributed by atoms with Crippen molar-refractivity contribution in [2.75, 3.05) is 6.16 Å². The van der Waals surface area contributed by atoms with Crippen LogP contribution in [-0.2, 0) is 30.0 Å². The van der Waals surface area contributed by atoms with Crippen LogP contribution in [0.5, 0.6) is 0 Å². The molecule has 4 N–H and O–H groups in total. The van der Waals surface area contributed by atoms with E-state index in [2.05, 4.69) is 48.5 Å². The van der Waals surface area contributed by atoms with E-state index in [9.17, 15) is 0 Å². The number of hydrogen-bond donors (Lipinski definition) is 2. The van der Waals surface area contributed by atoms with Crippen molar-refractivity contribution in [3.8, 4) is 0 Å². The maximum Gasteiger partial charge on any atom is 0.300 e. The molecule has 0 heterocycles. The smallest absolute Gasteiger partial charge is 0.300 e. The molecule has 5 nitrogen and oxygen atoms in total. The van der Waals surface area contributed by atoms with E-state index in [4.69, 9.17) is 19.8 Å². The molecule has 0 aromatic rings. The topological polar surface area (TPSA) is 106 Å². The summed E-state index contributed by atoms with van der Waals surface area (Å²) in [7, 11) is -0.248. The monoisotopic (exact) mass is 461 g/mol. The zero-order valence-corrected chi connectivity index (χ0v) is 19.4. The van der Waals surface area contributed by atoms with Gasteiger partial charge in [0.25, 0.3) is 11.9 Å². The van der Waals surface area contributed by atoms with Crippen molar-refractivity contribution in [1.82, 2.24) is 0 Å². The number of hydrogen-bond acceptors (Lipinski definition) is 2. The van der Waals surface area contributed by atoms with Gasteiger partial charge in [-0.15, -0.1) is 0 Å². The number of carboxylic acids is 2. The number of aliphatic carboxylic acids is 2. The quantitative estimate of drug-likeness (QED) is 0.369. The first-order valence-electron chi connectivity index (χ1n) is 7.92. The SMILES string of the molecule is CC(=O)O.CC(=O)O.CCCCC[PH+](C(C)(C)C)C(C)(C)C.O.[Pd]. The largest absolute Gasteiger partial charge is 0.481 e. The van der Waals surface area contributed by atoms with Gasteiger partial charge in [0.15, 0.2) is 0 Å². The molecular weight excluding hydrogens is 422 g/mol. The molecule has 0 radical (unpaired) electrons. The Morgan fingerprint density at radius 1 is 0.833 bits per heavy atom. The van der Waals surface area contributed by atoms with Gasteiger partial charge < -0.3 is 15.7 Å². The third-order valence-electron chi connectivity index (χ3n) is 2.84. The third kappa shape index (κ3) is 33.6. The second-order valence-electron chi connectivity index (χ2n) is 7.47. The molecule has 0 fully saturated rings. The summed E-state index contributed by atoms with van der Waals surface area (Å²) in [5.41, 5.74) is 0. The molecule has 0 aromatic heterocycles. The number of rotatable bonds is 4. The van der Waals surface area contributed by atoms with Crippen LogP contribution >= 0.6 is 7.92 Å². The molecule has 0 saturated heterocycles. The molecule has 0 aliphatic heterocycles. The van der Waals surface area contributed by atoms with Gasteiger partial charge in [0.1, 0.15) is 0 Å². The van der Waals surface area contributed by atoms with Crippen LogP contribution in [-0.4, -0.2) is 44.1 Å². The summed E-state index contributed by atoms with van der Waals surface area (Å²) >= 11 is 0. The van der Waals surface area contributed by atoms with E-state index in [-0.39, 0.29) is 33.8 Å². The van der Waals surface area contributed by atoms with E-state index in [1.807, 2.05) is 0 Å². The molecule has 7 heteroatoms. The van der Waals surface area contributed by atoms with Crippen LogP contribution in [0.4, 0.5) is 0 Å². The Kier molecular flexibility index (Phi) is 26.1. The molecule has 0 amide bonds. The van der Waals surface area contributed by atoms with E-state index in [0.717, 1.165) is 13.8 Å². The van der Waals surface area contributed by atoms with E-state index < -0.39 is 11.9 Å². The van der Waals surface area contributed by atoms with E-state index >= 15 is 0 Å². The Hall–Kier alpha value is -0.00766. The fourth-order valence-electron chi connectivity index (χ4n) is 2.43. The van der Waals surface area contributed by atoms with Gasteiger partial charge in [-0.1, -0.05) is 19.8 Å². The first kappa shape index (κ1) is 35.2. The molecule has 0 spiro atoms. The minimum atomic E-state index is -0.833. The predicted octanol–water partition coefficient (Wildman–Crippen LogP) is 4.34.